The molecule has 162 valence electrons. The van der Waals surface area contributed by atoms with E-state index in [1.54, 1.807) is 53.2 Å². The molecule has 9 heteroatoms. The zero-order valence-corrected chi connectivity index (χ0v) is 18.3. The molecule has 0 atom stereocenters. The van der Waals surface area contributed by atoms with E-state index in [-0.39, 0.29) is 12.5 Å². The van der Waals surface area contributed by atoms with Crippen LogP contribution in [0.2, 0.25) is 5.02 Å². The average Bonchev–Trinajstić information content (AvgIpc) is 3.19. The minimum atomic E-state index is -3.68. The van der Waals surface area contributed by atoms with E-state index < -0.39 is 10.0 Å². The first-order valence-electron chi connectivity index (χ1n) is 9.65. The Morgan fingerprint density at radius 2 is 1.75 bits per heavy atom. The molecule has 2 aromatic heterocycles. The fourth-order valence-electron chi connectivity index (χ4n) is 3.00. The highest BCUT2D eigenvalue weighted by Crippen LogP contribution is 2.14. The van der Waals surface area contributed by atoms with Gasteiger partial charge in [-0.1, -0.05) is 41.9 Å². The van der Waals surface area contributed by atoms with Gasteiger partial charge in [-0.2, -0.15) is 0 Å². The molecule has 0 radical (unpaired) electrons. The van der Waals surface area contributed by atoms with Crippen molar-refractivity contribution in [2.75, 3.05) is 4.72 Å². The molecule has 1 amide bonds. The molecule has 0 fully saturated rings. The zero-order valence-electron chi connectivity index (χ0n) is 16.8. The van der Waals surface area contributed by atoms with Crippen LogP contribution in [0.3, 0.4) is 0 Å². The third-order valence-corrected chi connectivity index (χ3v) is 5.78. The van der Waals surface area contributed by atoms with Gasteiger partial charge in [-0.15, -0.1) is 0 Å². The molecule has 2 heterocycles. The molecule has 0 unspecified atom stereocenters. The fraction of sp³-hybridized carbons (Fsp3) is 0.0435. The number of carbonyl (C=O) groups is 1. The number of carbonyl (C=O) groups excluding carboxylic acids is 1. The van der Waals surface area contributed by atoms with Crippen LogP contribution in [0.1, 0.15) is 21.6 Å². The van der Waals surface area contributed by atoms with E-state index >= 15 is 0 Å². The number of aromatic nitrogens is 2. The second-order valence-corrected chi connectivity index (χ2v) is 8.97. The summed E-state index contributed by atoms with van der Waals surface area (Å²) in [4.78, 5) is 16.8. The lowest BCUT2D eigenvalue weighted by Crippen LogP contribution is -2.22. The lowest BCUT2D eigenvalue weighted by molar-refractivity contribution is 0.0950. The summed E-state index contributed by atoms with van der Waals surface area (Å²) in [5.74, 6) is -0.293. The van der Waals surface area contributed by atoms with Gasteiger partial charge in [0, 0.05) is 23.6 Å². The minimum absolute atomic E-state index is 0.247. The van der Waals surface area contributed by atoms with Crippen molar-refractivity contribution in [1.29, 1.82) is 0 Å². The van der Waals surface area contributed by atoms with E-state index in [9.17, 15) is 13.2 Å². The SMILES string of the molecule is O=C(NCc1cn2cc(Cl)ccc2n1)c1ccc(NS(=O)(=O)/C=C/c2ccccc2)cc1. The number of anilines is 1. The molecule has 2 aromatic carbocycles. The van der Waals surface area contributed by atoms with Crippen LogP contribution in [-0.4, -0.2) is 23.7 Å². The van der Waals surface area contributed by atoms with Crippen LogP contribution in [0.15, 0.2) is 84.5 Å². The summed E-state index contributed by atoms with van der Waals surface area (Å²) in [7, 11) is -3.68. The number of hydrogen-bond donors (Lipinski definition) is 2. The molecular weight excluding hydrogens is 448 g/mol. The zero-order chi connectivity index (χ0) is 22.6. The molecule has 0 aliphatic heterocycles. The van der Waals surface area contributed by atoms with Gasteiger partial charge >= 0.3 is 0 Å². The molecule has 0 bridgehead atoms. The monoisotopic (exact) mass is 466 g/mol. The number of rotatable bonds is 7. The Balaban J connectivity index is 1.36. The highest BCUT2D eigenvalue weighted by Gasteiger charge is 2.10. The van der Waals surface area contributed by atoms with Crippen molar-refractivity contribution in [2.24, 2.45) is 0 Å². The third-order valence-electron chi connectivity index (χ3n) is 4.54. The lowest BCUT2D eigenvalue weighted by atomic mass is 10.2. The summed E-state index contributed by atoms with van der Waals surface area (Å²) >= 11 is 5.97. The van der Waals surface area contributed by atoms with Crippen LogP contribution in [0.4, 0.5) is 5.69 Å². The van der Waals surface area contributed by atoms with Crippen LogP contribution in [0, 0.1) is 0 Å². The smallest absolute Gasteiger partial charge is 0.255 e. The molecule has 2 N–H and O–H groups in total. The van der Waals surface area contributed by atoms with Gasteiger partial charge in [-0.05, 0) is 48.0 Å². The summed E-state index contributed by atoms with van der Waals surface area (Å²) in [6.45, 7) is 0.247. The number of hydrogen-bond acceptors (Lipinski definition) is 4. The van der Waals surface area contributed by atoms with Crippen molar-refractivity contribution in [3.8, 4) is 0 Å². The van der Waals surface area contributed by atoms with Gasteiger partial charge < -0.3 is 9.72 Å². The summed E-state index contributed by atoms with van der Waals surface area (Å²) in [5, 5.41) is 4.50. The third kappa shape index (κ3) is 5.54. The van der Waals surface area contributed by atoms with Gasteiger partial charge in [0.25, 0.3) is 15.9 Å². The highest BCUT2D eigenvalue weighted by atomic mass is 35.5. The van der Waals surface area contributed by atoms with E-state index in [0.717, 1.165) is 16.6 Å². The van der Waals surface area contributed by atoms with Crippen LogP contribution >= 0.6 is 11.6 Å². The van der Waals surface area contributed by atoms with Crippen molar-refractivity contribution in [3.05, 3.63) is 106 Å². The minimum Gasteiger partial charge on any atom is -0.346 e. The second-order valence-electron chi connectivity index (χ2n) is 6.97. The lowest BCUT2D eigenvalue weighted by Gasteiger charge is -2.07. The molecule has 0 aliphatic carbocycles. The molecule has 4 aromatic rings. The standard InChI is InChI=1S/C23H19ClN4O3S/c24-19-8-11-22-26-21(16-28(22)15-19)14-25-23(29)18-6-9-20(10-7-18)27-32(30,31)13-12-17-4-2-1-3-5-17/h1-13,15-16,27H,14H2,(H,25,29)/b13-12+. The van der Waals surface area contributed by atoms with Crippen LogP contribution in [-0.2, 0) is 16.6 Å². The number of pyridine rings is 1. The van der Waals surface area contributed by atoms with E-state index in [4.69, 9.17) is 11.6 Å². The first-order valence-corrected chi connectivity index (χ1v) is 11.6. The van der Waals surface area contributed by atoms with Crippen molar-refractivity contribution >= 4 is 44.9 Å². The number of benzene rings is 2. The number of fused-ring (bicyclic) bond motifs is 1. The summed E-state index contributed by atoms with van der Waals surface area (Å²) in [6.07, 6.45) is 5.05. The Labute approximate surface area is 190 Å². The summed E-state index contributed by atoms with van der Waals surface area (Å²) in [5.41, 5.74) is 2.96. The van der Waals surface area contributed by atoms with Crippen LogP contribution in [0.25, 0.3) is 11.7 Å². The number of imidazole rings is 1. The van der Waals surface area contributed by atoms with Crippen molar-refractivity contribution in [2.45, 2.75) is 6.54 Å². The topological polar surface area (TPSA) is 92.6 Å². The highest BCUT2D eigenvalue weighted by molar-refractivity contribution is 7.95. The summed E-state index contributed by atoms with van der Waals surface area (Å²) in [6, 6.07) is 18.8. The number of halogens is 1. The predicted molar refractivity (Wildman–Crippen MR) is 126 cm³/mol. The molecule has 32 heavy (non-hydrogen) atoms. The van der Waals surface area contributed by atoms with Crippen molar-refractivity contribution < 1.29 is 13.2 Å². The Morgan fingerprint density at radius 3 is 2.50 bits per heavy atom. The maximum absolute atomic E-state index is 12.4. The van der Waals surface area contributed by atoms with Gasteiger partial charge in [0.2, 0.25) is 0 Å². The Kier molecular flexibility index (Phi) is 6.25. The second kappa shape index (κ2) is 9.25. The van der Waals surface area contributed by atoms with Gasteiger partial charge in [0.15, 0.2) is 0 Å². The summed E-state index contributed by atoms with van der Waals surface area (Å²) < 4.78 is 28.8. The molecule has 0 aliphatic rings. The first-order chi connectivity index (χ1) is 15.4. The van der Waals surface area contributed by atoms with Gasteiger partial charge in [0.05, 0.1) is 22.7 Å². The first kappa shape index (κ1) is 21.6. The van der Waals surface area contributed by atoms with Crippen molar-refractivity contribution in [3.63, 3.8) is 0 Å². The van der Waals surface area contributed by atoms with E-state index in [0.29, 0.717) is 22.0 Å². The molecule has 0 saturated carbocycles. The Hall–Kier alpha value is -3.62. The fourth-order valence-corrected chi connectivity index (χ4v) is 4.03. The predicted octanol–water partition coefficient (Wildman–Crippen LogP) is 4.33. The van der Waals surface area contributed by atoms with Crippen LogP contribution in [0.5, 0.6) is 0 Å². The Bertz CT molecular complexity index is 1380. The normalized spacial score (nSPS) is 11.7. The molecule has 7 nitrogen and oxygen atoms in total. The molecule has 4 rings (SSSR count). The van der Waals surface area contributed by atoms with E-state index in [1.807, 2.05) is 18.2 Å². The van der Waals surface area contributed by atoms with E-state index in [1.165, 1.54) is 18.2 Å². The molecule has 0 spiro atoms. The van der Waals surface area contributed by atoms with Crippen molar-refractivity contribution in [1.82, 2.24) is 14.7 Å². The molecular formula is C23H19ClN4O3S. The largest absolute Gasteiger partial charge is 0.346 e. The van der Waals surface area contributed by atoms with Gasteiger partial charge in [0.1, 0.15) is 5.65 Å². The maximum atomic E-state index is 12.4. The maximum Gasteiger partial charge on any atom is 0.255 e. The Morgan fingerprint density at radius 1 is 1.00 bits per heavy atom. The van der Waals surface area contributed by atoms with Gasteiger partial charge in [-0.25, -0.2) is 13.4 Å². The molecule has 0 saturated heterocycles. The van der Waals surface area contributed by atoms with Crippen LogP contribution < -0.4 is 10.0 Å². The van der Waals surface area contributed by atoms with E-state index in [2.05, 4.69) is 15.0 Å². The number of nitrogens with zero attached hydrogens (tertiary/aromatic N) is 2. The number of amides is 1. The average molecular weight is 467 g/mol. The number of sulfonamides is 1. The quantitative estimate of drug-likeness (QED) is 0.424. The van der Waals surface area contributed by atoms with Gasteiger partial charge in [-0.3, -0.25) is 9.52 Å². The number of nitrogens with one attached hydrogen (secondary N) is 2.